The van der Waals surface area contributed by atoms with E-state index in [0.717, 1.165) is 9.48 Å². The lowest BCUT2D eigenvalue weighted by Gasteiger charge is -2.22. The zero-order chi connectivity index (χ0) is 13.7. The highest BCUT2D eigenvalue weighted by Crippen LogP contribution is 2.21. The zero-order valence-corrected chi connectivity index (χ0v) is 11.9. The zero-order valence-electron chi connectivity index (χ0n) is 10.4. The van der Waals surface area contributed by atoms with Gasteiger partial charge in [-0.1, -0.05) is 29.8 Å². The summed E-state index contributed by atoms with van der Waals surface area (Å²) in [6.45, 7) is 4.52. The van der Waals surface area contributed by atoms with Crippen LogP contribution >= 0.6 is 15.9 Å². The number of nitrogens with zero attached hydrogens (tertiary/aromatic N) is 1. The molecular formula is C12H17BrN2O3. The molecule has 0 aliphatic carbocycles. The average molecular weight is 317 g/mol. The largest absolute Gasteiger partial charge is 0.508 e. The van der Waals surface area contributed by atoms with Crippen LogP contribution in [0.1, 0.15) is 19.4 Å². The molecule has 0 unspecified atom stereocenters. The van der Waals surface area contributed by atoms with E-state index in [1.54, 1.807) is 18.2 Å². The fourth-order valence-corrected chi connectivity index (χ4v) is 1.86. The smallest absolute Gasteiger partial charge is 0.421 e. The summed E-state index contributed by atoms with van der Waals surface area (Å²) in [7, 11) is 0. The summed E-state index contributed by atoms with van der Waals surface area (Å²) in [5, 5.41) is 19.8. The fourth-order valence-electron chi connectivity index (χ4n) is 1.45. The van der Waals surface area contributed by atoms with Crippen molar-refractivity contribution in [2.75, 3.05) is 6.54 Å². The Morgan fingerprint density at radius 1 is 1.50 bits per heavy atom. The molecule has 0 bridgehead atoms. The lowest BCUT2D eigenvalue weighted by Crippen LogP contribution is -2.43. The molecule has 0 fully saturated rings. The number of rotatable bonds is 5. The van der Waals surface area contributed by atoms with E-state index in [2.05, 4.69) is 21.4 Å². The van der Waals surface area contributed by atoms with Crippen molar-refractivity contribution in [2.45, 2.75) is 20.4 Å². The third kappa shape index (κ3) is 4.54. The quantitative estimate of drug-likeness (QED) is 0.730. The molecule has 0 aliphatic heterocycles. The Hall–Kier alpha value is -1.27. The topological polar surface area (TPSA) is 72.8 Å². The Kier molecular flexibility index (Phi) is 5.43. The minimum Gasteiger partial charge on any atom is -0.508 e. The molecule has 0 saturated heterocycles. The van der Waals surface area contributed by atoms with Gasteiger partial charge in [0.2, 0.25) is 0 Å². The Balaban J connectivity index is 2.66. The Morgan fingerprint density at radius 2 is 2.17 bits per heavy atom. The second-order valence-electron chi connectivity index (χ2n) is 4.39. The first-order valence-electron chi connectivity index (χ1n) is 5.61. The van der Waals surface area contributed by atoms with E-state index in [0.29, 0.717) is 12.1 Å². The summed E-state index contributed by atoms with van der Waals surface area (Å²) in [5.74, 6) is 0.366. The van der Waals surface area contributed by atoms with Crippen molar-refractivity contribution in [3.05, 3.63) is 28.2 Å². The van der Waals surface area contributed by atoms with E-state index >= 15 is 0 Å². The van der Waals surface area contributed by atoms with Crippen LogP contribution in [0.25, 0.3) is 0 Å². The van der Waals surface area contributed by atoms with Crippen molar-refractivity contribution in [3.63, 3.8) is 0 Å². The van der Waals surface area contributed by atoms with Crippen LogP contribution in [-0.2, 0) is 6.54 Å². The van der Waals surface area contributed by atoms with Gasteiger partial charge in [-0.25, -0.2) is 15.2 Å². The van der Waals surface area contributed by atoms with Gasteiger partial charge < -0.3 is 10.2 Å². The monoisotopic (exact) mass is 316 g/mol. The highest BCUT2D eigenvalue weighted by molar-refractivity contribution is 9.10. The normalized spacial score (nSPS) is 10.7. The highest BCUT2D eigenvalue weighted by atomic mass is 79.9. The summed E-state index contributed by atoms with van der Waals surface area (Å²) in [6.07, 6.45) is -1.03. The molecule has 0 atom stereocenters. The molecule has 1 rings (SSSR count). The molecule has 0 radical (unpaired) electrons. The number of carbonyl (C=O) groups is 1. The van der Waals surface area contributed by atoms with E-state index in [4.69, 9.17) is 5.11 Å². The van der Waals surface area contributed by atoms with Crippen molar-refractivity contribution in [2.24, 2.45) is 5.92 Å². The number of carboxylic acid groups (broad SMARTS) is 1. The van der Waals surface area contributed by atoms with Crippen LogP contribution in [0.5, 0.6) is 5.75 Å². The number of amides is 1. The van der Waals surface area contributed by atoms with E-state index in [-0.39, 0.29) is 18.2 Å². The number of hydrogen-bond donors (Lipinski definition) is 3. The molecule has 18 heavy (non-hydrogen) atoms. The maximum atomic E-state index is 11.0. The first-order chi connectivity index (χ1) is 8.40. The van der Waals surface area contributed by atoms with Crippen LogP contribution in [-0.4, -0.2) is 27.9 Å². The molecule has 0 spiro atoms. The van der Waals surface area contributed by atoms with Crippen LogP contribution < -0.4 is 5.43 Å². The molecule has 6 heteroatoms. The van der Waals surface area contributed by atoms with Crippen LogP contribution in [0, 0.1) is 5.92 Å². The molecule has 1 amide bonds. The van der Waals surface area contributed by atoms with Gasteiger partial charge in [-0.2, -0.15) is 0 Å². The number of hydrazine groups is 1. The van der Waals surface area contributed by atoms with Gasteiger partial charge in [0.1, 0.15) is 5.75 Å². The first-order valence-corrected chi connectivity index (χ1v) is 6.40. The van der Waals surface area contributed by atoms with Gasteiger partial charge in [-0.05, 0) is 24.1 Å². The summed E-state index contributed by atoms with van der Waals surface area (Å²) in [6, 6.07) is 5.04. The van der Waals surface area contributed by atoms with E-state index < -0.39 is 6.09 Å². The Bertz CT molecular complexity index is 424. The van der Waals surface area contributed by atoms with Crippen molar-refractivity contribution >= 4 is 22.0 Å². The second-order valence-corrected chi connectivity index (χ2v) is 5.31. The Labute approximate surface area is 115 Å². The van der Waals surface area contributed by atoms with Crippen molar-refractivity contribution < 1.29 is 15.0 Å². The van der Waals surface area contributed by atoms with Gasteiger partial charge in [0, 0.05) is 23.1 Å². The molecule has 100 valence electrons. The van der Waals surface area contributed by atoms with Gasteiger partial charge >= 0.3 is 6.09 Å². The third-order valence-electron chi connectivity index (χ3n) is 2.28. The molecular weight excluding hydrogens is 300 g/mol. The van der Waals surface area contributed by atoms with Crippen molar-refractivity contribution in [1.82, 2.24) is 10.4 Å². The third-order valence-corrected chi connectivity index (χ3v) is 2.77. The molecule has 0 aromatic heterocycles. The lowest BCUT2D eigenvalue weighted by atomic mass is 10.2. The number of nitrogens with one attached hydrogen (secondary N) is 1. The molecule has 0 heterocycles. The molecule has 5 nitrogen and oxygen atoms in total. The Morgan fingerprint density at radius 3 is 2.72 bits per heavy atom. The second kappa shape index (κ2) is 6.61. The van der Waals surface area contributed by atoms with E-state index in [9.17, 15) is 9.90 Å². The molecule has 1 aromatic carbocycles. The van der Waals surface area contributed by atoms with Crippen molar-refractivity contribution in [1.29, 1.82) is 0 Å². The minimum absolute atomic E-state index is 0.139. The van der Waals surface area contributed by atoms with Crippen molar-refractivity contribution in [3.8, 4) is 5.75 Å². The van der Waals surface area contributed by atoms with Crippen LogP contribution in [0.3, 0.4) is 0 Å². The highest BCUT2D eigenvalue weighted by Gasteiger charge is 2.13. The lowest BCUT2D eigenvalue weighted by molar-refractivity contribution is 0.111. The standard InChI is InChI=1S/C12H17BrN2O3/c1-8(2)7-15(12(17)18)14-6-9-5-10(13)3-4-11(9)16/h3-5,8,14,16H,6-7H2,1-2H3,(H,17,18). The number of halogens is 1. The molecule has 3 N–H and O–H groups in total. The van der Waals surface area contributed by atoms with E-state index in [1.165, 1.54) is 0 Å². The van der Waals surface area contributed by atoms with Gasteiger partial charge in [0.25, 0.3) is 0 Å². The average Bonchev–Trinajstić information content (AvgIpc) is 2.27. The molecule has 1 aromatic rings. The molecule has 0 aliphatic rings. The van der Waals surface area contributed by atoms with Crippen LogP contribution in [0.4, 0.5) is 4.79 Å². The summed E-state index contributed by atoms with van der Waals surface area (Å²) in [4.78, 5) is 11.0. The van der Waals surface area contributed by atoms with Crippen LogP contribution in [0.15, 0.2) is 22.7 Å². The number of phenolic OH excluding ortho intramolecular Hbond substituents is 1. The number of aromatic hydroxyl groups is 1. The maximum Gasteiger partial charge on any atom is 0.421 e. The molecule has 0 saturated carbocycles. The number of hydrogen-bond acceptors (Lipinski definition) is 3. The van der Waals surface area contributed by atoms with Crippen LogP contribution in [0.2, 0.25) is 0 Å². The first kappa shape index (κ1) is 14.8. The van der Waals surface area contributed by atoms with Gasteiger partial charge in [-0.15, -0.1) is 0 Å². The fraction of sp³-hybridized carbons (Fsp3) is 0.417. The summed E-state index contributed by atoms with van der Waals surface area (Å²) in [5.41, 5.74) is 3.43. The van der Waals surface area contributed by atoms with Gasteiger partial charge in [0.05, 0.1) is 0 Å². The van der Waals surface area contributed by atoms with Gasteiger partial charge in [0.15, 0.2) is 0 Å². The SMILES string of the molecule is CC(C)CN(NCc1cc(Br)ccc1O)C(=O)O. The predicted molar refractivity (Wildman–Crippen MR) is 72.2 cm³/mol. The maximum absolute atomic E-state index is 11.0. The number of phenols is 1. The summed E-state index contributed by atoms with van der Waals surface area (Å²) < 4.78 is 0.836. The predicted octanol–water partition coefficient (Wildman–Crippen LogP) is 2.80. The van der Waals surface area contributed by atoms with Gasteiger partial charge in [-0.3, -0.25) is 0 Å². The van der Waals surface area contributed by atoms with E-state index in [1.807, 2.05) is 13.8 Å². The minimum atomic E-state index is -1.03. The summed E-state index contributed by atoms with van der Waals surface area (Å²) >= 11 is 3.30. The number of benzene rings is 1.